The molecule has 0 fully saturated rings. The lowest BCUT2D eigenvalue weighted by Crippen LogP contribution is -2.09. The van der Waals surface area contributed by atoms with Gasteiger partial charge in [0.05, 0.1) is 0 Å². The molecule has 3 aromatic rings. The maximum atomic E-state index is 12.4. The summed E-state index contributed by atoms with van der Waals surface area (Å²) in [7, 11) is 0. The van der Waals surface area contributed by atoms with Gasteiger partial charge in [-0.2, -0.15) is 0 Å². The molecule has 0 aliphatic heterocycles. The van der Waals surface area contributed by atoms with Crippen LogP contribution in [0.15, 0.2) is 97.1 Å². The Labute approximate surface area is 228 Å². The van der Waals surface area contributed by atoms with Crippen LogP contribution >= 0.6 is 0 Å². The van der Waals surface area contributed by atoms with Crippen LogP contribution in [0.3, 0.4) is 0 Å². The van der Waals surface area contributed by atoms with Gasteiger partial charge in [0.1, 0.15) is 17.2 Å². The van der Waals surface area contributed by atoms with E-state index in [0.717, 1.165) is 11.1 Å². The van der Waals surface area contributed by atoms with Gasteiger partial charge < -0.3 is 14.2 Å². The minimum Gasteiger partial charge on any atom is -0.423 e. The quantitative estimate of drug-likeness (QED) is 0.153. The number of ether oxygens (including phenoxy) is 3. The Kier molecular flexibility index (Phi) is 9.03. The third-order valence-corrected chi connectivity index (χ3v) is 5.36. The molecule has 0 aromatic heterocycles. The van der Waals surface area contributed by atoms with Crippen LogP contribution in [0.5, 0.6) is 17.2 Å². The van der Waals surface area contributed by atoms with Crippen LogP contribution in [-0.2, 0) is 14.4 Å². The van der Waals surface area contributed by atoms with Crippen molar-refractivity contribution < 1.29 is 28.6 Å². The van der Waals surface area contributed by atoms with Crippen LogP contribution in [-0.4, -0.2) is 17.9 Å². The normalized spacial score (nSPS) is 9.95. The molecule has 0 saturated carbocycles. The van der Waals surface area contributed by atoms with Crippen LogP contribution in [0.1, 0.15) is 37.5 Å². The van der Waals surface area contributed by atoms with E-state index >= 15 is 0 Å². The molecule has 39 heavy (non-hydrogen) atoms. The van der Waals surface area contributed by atoms with Crippen molar-refractivity contribution in [1.82, 2.24) is 0 Å². The van der Waals surface area contributed by atoms with Crippen molar-refractivity contribution in [2.45, 2.75) is 27.7 Å². The lowest BCUT2D eigenvalue weighted by molar-refractivity contribution is -0.130. The Balaban J connectivity index is 1.94. The highest BCUT2D eigenvalue weighted by molar-refractivity contribution is 5.91. The van der Waals surface area contributed by atoms with Crippen LogP contribution in [0.2, 0.25) is 0 Å². The zero-order valence-corrected chi connectivity index (χ0v) is 22.3. The minimum absolute atomic E-state index is 0.253. The first-order valence-corrected chi connectivity index (χ1v) is 11.9. The van der Waals surface area contributed by atoms with Crippen LogP contribution < -0.4 is 14.2 Å². The molecule has 0 heterocycles. The molecule has 0 radical (unpaired) electrons. The van der Waals surface area contributed by atoms with E-state index in [4.69, 9.17) is 14.2 Å². The second-order valence-electron chi connectivity index (χ2n) is 8.97. The standard InChI is InChI=1S/C33H28O6/c1-20(2)31(34)37-27-14-9-24(10-15-27)8-11-26-19-30(39-33(36)22(5)6)29(18-23(26)7)25-12-16-28(17-13-25)38-32(35)21(3)4/h9-10,12-19H,1,3,5H2,2,4,6-7H3. The number of hydrogen-bond acceptors (Lipinski definition) is 6. The molecule has 3 aromatic carbocycles. The number of carbonyl (C=O) groups is 3. The number of benzene rings is 3. The maximum absolute atomic E-state index is 12.4. The molecule has 0 bridgehead atoms. The predicted octanol–water partition coefficient (Wildman–Crippen LogP) is 6.51. The Bertz CT molecular complexity index is 1540. The first-order chi connectivity index (χ1) is 18.4. The topological polar surface area (TPSA) is 78.9 Å². The summed E-state index contributed by atoms with van der Waals surface area (Å²) in [6.07, 6.45) is 0. The van der Waals surface area contributed by atoms with Crippen molar-refractivity contribution in [3.05, 3.63) is 114 Å². The highest BCUT2D eigenvalue weighted by Gasteiger charge is 2.15. The fraction of sp³-hybridized carbons (Fsp3) is 0.121. The van der Waals surface area contributed by atoms with Crippen LogP contribution in [0, 0.1) is 18.8 Å². The summed E-state index contributed by atoms with van der Waals surface area (Å²) in [5.41, 5.74) is 4.49. The minimum atomic E-state index is -0.564. The molecule has 0 unspecified atom stereocenters. The summed E-state index contributed by atoms with van der Waals surface area (Å²) in [6, 6.07) is 17.2. The second kappa shape index (κ2) is 12.4. The van der Waals surface area contributed by atoms with Crippen LogP contribution in [0.25, 0.3) is 11.1 Å². The number of esters is 3. The number of hydrogen-bond donors (Lipinski definition) is 0. The van der Waals surface area contributed by atoms with Crippen molar-refractivity contribution in [2.75, 3.05) is 0 Å². The lowest BCUT2D eigenvalue weighted by atomic mass is 9.98. The molecule has 0 amide bonds. The van der Waals surface area contributed by atoms with E-state index in [1.807, 2.05) is 13.0 Å². The van der Waals surface area contributed by atoms with Gasteiger partial charge in [-0.3, -0.25) is 0 Å². The van der Waals surface area contributed by atoms with Crippen molar-refractivity contribution in [1.29, 1.82) is 0 Å². The van der Waals surface area contributed by atoms with E-state index in [0.29, 0.717) is 45.1 Å². The van der Waals surface area contributed by atoms with Gasteiger partial charge in [0.2, 0.25) is 0 Å². The Morgan fingerprint density at radius 2 is 1.10 bits per heavy atom. The molecule has 0 spiro atoms. The second-order valence-corrected chi connectivity index (χ2v) is 8.97. The maximum Gasteiger partial charge on any atom is 0.338 e. The molecule has 0 saturated heterocycles. The fourth-order valence-corrected chi connectivity index (χ4v) is 3.16. The fourth-order valence-electron chi connectivity index (χ4n) is 3.16. The van der Waals surface area contributed by atoms with Crippen molar-refractivity contribution >= 4 is 17.9 Å². The van der Waals surface area contributed by atoms with E-state index < -0.39 is 17.9 Å². The smallest absolute Gasteiger partial charge is 0.338 e. The highest BCUT2D eigenvalue weighted by Crippen LogP contribution is 2.34. The van der Waals surface area contributed by atoms with Gasteiger partial charge in [-0.05, 0) is 87.4 Å². The largest absolute Gasteiger partial charge is 0.423 e. The zero-order chi connectivity index (χ0) is 28.7. The molecule has 196 valence electrons. The number of rotatable bonds is 7. The van der Waals surface area contributed by atoms with Gasteiger partial charge >= 0.3 is 17.9 Å². The average Bonchev–Trinajstić information content (AvgIpc) is 2.89. The van der Waals surface area contributed by atoms with Crippen molar-refractivity contribution in [3.63, 3.8) is 0 Å². The summed E-state index contributed by atoms with van der Waals surface area (Å²) >= 11 is 0. The summed E-state index contributed by atoms with van der Waals surface area (Å²) < 4.78 is 16.1. The third kappa shape index (κ3) is 7.67. The molecule has 3 rings (SSSR count). The summed E-state index contributed by atoms with van der Waals surface area (Å²) in [4.78, 5) is 35.9. The monoisotopic (exact) mass is 520 g/mol. The third-order valence-electron chi connectivity index (χ3n) is 5.36. The molecule has 0 N–H and O–H groups in total. The van der Waals surface area contributed by atoms with Crippen molar-refractivity contribution in [3.8, 4) is 40.2 Å². The number of aryl methyl sites for hydroxylation is 1. The summed E-state index contributed by atoms with van der Waals surface area (Å²) in [6.45, 7) is 17.4. The van der Waals surface area contributed by atoms with Gasteiger partial charge in [-0.1, -0.05) is 43.7 Å². The van der Waals surface area contributed by atoms with E-state index in [9.17, 15) is 14.4 Å². The Morgan fingerprint density at radius 1 is 0.641 bits per heavy atom. The van der Waals surface area contributed by atoms with E-state index in [1.165, 1.54) is 0 Å². The molecule has 6 nitrogen and oxygen atoms in total. The van der Waals surface area contributed by atoms with Gasteiger partial charge in [-0.25, -0.2) is 14.4 Å². The number of carbonyl (C=O) groups excluding carboxylic acids is 3. The SMILES string of the molecule is C=C(C)C(=O)Oc1ccc(C#Cc2cc(OC(=O)C(=C)C)c(-c3ccc(OC(=O)C(=C)C)cc3)cc2C)cc1. The van der Waals surface area contributed by atoms with Crippen molar-refractivity contribution in [2.24, 2.45) is 0 Å². The zero-order valence-electron chi connectivity index (χ0n) is 22.3. The molecule has 0 aliphatic carbocycles. The molecule has 0 aliphatic rings. The summed E-state index contributed by atoms with van der Waals surface area (Å²) in [5.74, 6) is 5.70. The van der Waals surface area contributed by atoms with Gasteiger partial charge in [0.15, 0.2) is 0 Å². The molecular formula is C33H28O6. The lowest BCUT2D eigenvalue weighted by Gasteiger charge is -2.14. The molecule has 6 heteroatoms. The highest BCUT2D eigenvalue weighted by atomic mass is 16.5. The van der Waals surface area contributed by atoms with E-state index in [2.05, 4.69) is 31.6 Å². The van der Waals surface area contributed by atoms with E-state index in [1.54, 1.807) is 75.4 Å². The molecular weight excluding hydrogens is 492 g/mol. The first kappa shape index (κ1) is 28.4. The van der Waals surface area contributed by atoms with Gasteiger partial charge in [0, 0.05) is 33.4 Å². The average molecular weight is 521 g/mol. The van der Waals surface area contributed by atoms with Gasteiger partial charge in [-0.15, -0.1) is 0 Å². The van der Waals surface area contributed by atoms with Crippen LogP contribution in [0.4, 0.5) is 0 Å². The molecule has 0 atom stereocenters. The Hall–Kier alpha value is -5.15. The predicted molar refractivity (Wildman–Crippen MR) is 150 cm³/mol. The first-order valence-electron chi connectivity index (χ1n) is 11.9. The summed E-state index contributed by atoms with van der Waals surface area (Å²) in [5, 5.41) is 0. The van der Waals surface area contributed by atoms with E-state index in [-0.39, 0.29) is 5.57 Å². The Morgan fingerprint density at radius 3 is 1.59 bits per heavy atom. The van der Waals surface area contributed by atoms with Gasteiger partial charge in [0.25, 0.3) is 0 Å².